The number of carbonyl (C=O) groups is 3. The highest BCUT2D eigenvalue weighted by atomic mass is 127. The van der Waals surface area contributed by atoms with Gasteiger partial charge in [0.25, 0.3) is 11.1 Å². The monoisotopic (exact) mass is 720 g/mol. The fraction of sp³-hybridized carbons (Fsp3) is 0.320. The zero-order chi connectivity index (χ0) is 24.9. The molecule has 4 rings (SSSR count). The largest absolute Gasteiger partial charge is 0.487 e. The second kappa shape index (κ2) is 12.0. The molecule has 3 amide bonds. The van der Waals surface area contributed by atoms with Gasteiger partial charge in [-0.2, -0.15) is 0 Å². The number of hydrogen-bond donors (Lipinski definition) is 0. The minimum Gasteiger partial charge on any atom is -0.487 e. The summed E-state index contributed by atoms with van der Waals surface area (Å²) >= 11 is 5.19. The van der Waals surface area contributed by atoms with E-state index in [9.17, 15) is 18.8 Å². The number of thioether (sulfide) groups is 1. The topological polar surface area (TPSA) is 66.9 Å². The number of hydrogen-bond acceptors (Lipinski definition) is 5. The van der Waals surface area contributed by atoms with Crippen molar-refractivity contribution in [2.45, 2.75) is 32.3 Å². The summed E-state index contributed by atoms with van der Waals surface area (Å²) in [6, 6.07) is 9.89. The number of benzene rings is 2. The van der Waals surface area contributed by atoms with Crippen LogP contribution in [0.1, 0.15) is 36.8 Å². The van der Waals surface area contributed by atoms with Crippen LogP contribution < -0.4 is 4.74 Å². The van der Waals surface area contributed by atoms with Gasteiger partial charge in [0.15, 0.2) is 0 Å². The molecular formula is C25H23FI2N2O4S. The molecule has 2 saturated heterocycles. The minimum absolute atomic E-state index is 0.179. The van der Waals surface area contributed by atoms with Crippen LogP contribution in [0.25, 0.3) is 6.08 Å². The standard InChI is InChI=1S/C25H23FI2N2O4S/c26-18-7-5-16(6-8-18)15-34-23-19(27)11-17(12-20(23)28)13-21-24(32)30(25(33)35-21)14-22(31)29-9-3-1-2-4-10-29/h5-8,11-13H,1-4,9-10,14-15H2. The SMILES string of the molecule is O=C(CN1C(=O)SC(=Cc2cc(I)c(OCc3ccc(F)cc3)c(I)c2)C1=O)N1CCCCCC1. The van der Waals surface area contributed by atoms with Gasteiger partial charge in [-0.3, -0.25) is 19.3 Å². The Morgan fingerprint density at radius 3 is 2.29 bits per heavy atom. The molecule has 0 spiro atoms. The highest BCUT2D eigenvalue weighted by Crippen LogP contribution is 2.35. The Morgan fingerprint density at radius 1 is 1.03 bits per heavy atom. The molecule has 6 nitrogen and oxygen atoms in total. The lowest BCUT2D eigenvalue weighted by Gasteiger charge is -2.22. The average molecular weight is 720 g/mol. The van der Waals surface area contributed by atoms with E-state index in [1.165, 1.54) is 12.1 Å². The predicted molar refractivity (Wildman–Crippen MR) is 150 cm³/mol. The van der Waals surface area contributed by atoms with Crippen molar-refractivity contribution in [1.82, 2.24) is 9.80 Å². The summed E-state index contributed by atoms with van der Waals surface area (Å²) in [6.45, 7) is 1.44. The zero-order valence-corrected chi connectivity index (χ0v) is 23.9. The molecule has 2 fully saturated rings. The molecule has 2 heterocycles. The van der Waals surface area contributed by atoms with Crippen molar-refractivity contribution in [2.24, 2.45) is 0 Å². The summed E-state index contributed by atoms with van der Waals surface area (Å²) in [7, 11) is 0. The molecule has 2 aromatic rings. The summed E-state index contributed by atoms with van der Waals surface area (Å²) in [5.74, 6) is -0.214. The normalized spacial score (nSPS) is 17.7. The Balaban J connectivity index is 1.44. The number of ether oxygens (including phenoxy) is 1. The van der Waals surface area contributed by atoms with Gasteiger partial charge in [-0.1, -0.05) is 25.0 Å². The van der Waals surface area contributed by atoms with Gasteiger partial charge < -0.3 is 9.64 Å². The first-order chi connectivity index (χ1) is 16.8. The van der Waals surface area contributed by atoms with Crippen LogP contribution in [0.4, 0.5) is 9.18 Å². The molecule has 0 N–H and O–H groups in total. The fourth-order valence-electron chi connectivity index (χ4n) is 3.88. The molecule has 2 aromatic carbocycles. The van der Waals surface area contributed by atoms with Crippen molar-refractivity contribution in [2.75, 3.05) is 19.6 Å². The van der Waals surface area contributed by atoms with Crippen LogP contribution in [-0.2, 0) is 16.2 Å². The second-order valence-corrected chi connectivity index (χ2v) is 11.6. The maximum absolute atomic E-state index is 13.1. The molecule has 0 atom stereocenters. The molecule has 0 bridgehead atoms. The molecule has 0 aliphatic carbocycles. The van der Waals surface area contributed by atoms with E-state index in [1.807, 2.05) is 12.1 Å². The third kappa shape index (κ3) is 6.76. The summed E-state index contributed by atoms with van der Waals surface area (Å²) < 4.78 is 20.8. The van der Waals surface area contributed by atoms with Crippen molar-refractivity contribution < 1.29 is 23.5 Å². The summed E-state index contributed by atoms with van der Waals surface area (Å²) in [4.78, 5) is 41.2. The number of halogens is 3. The number of nitrogens with zero attached hydrogens (tertiary/aromatic N) is 2. The quantitative estimate of drug-likeness (QED) is 0.269. The van der Waals surface area contributed by atoms with Gasteiger partial charge >= 0.3 is 0 Å². The Hall–Kier alpha value is -1.67. The number of likely N-dealkylation sites (tertiary alicyclic amines) is 1. The van der Waals surface area contributed by atoms with Crippen molar-refractivity contribution >= 4 is 80.1 Å². The lowest BCUT2D eigenvalue weighted by atomic mass is 10.2. The van der Waals surface area contributed by atoms with Gasteiger partial charge in [-0.15, -0.1) is 0 Å². The van der Waals surface area contributed by atoms with Crippen LogP contribution in [0.15, 0.2) is 41.3 Å². The van der Waals surface area contributed by atoms with E-state index in [-0.39, 0.29) is 18.3 Å². The molecule has 2 aliphatic rings. The third-order valence-corrected chi connectivity index (χ3v) is 8.25. The minimum atomic E-state index is -0.440. The van der Waals surface area contributed by atoms with Gasteiger partial charge in [-0.25, -0.2) is 4.39 Å². The van der Waals surface area contributed by atoms with Crippen molar-refractivity contribution in [3.05, 3.63) is 65.4 Å². The van der Waals surface area contributed by atoms with Gasteiger partial charge in [0.05, 0.1) is 12.0 Å². The van der Waals surface area contributed by atoms with Crippen LogP contribution in [0.2, 0.25) is 0 Å². The van der Waals surface area contributed by atoms with E-state index in [0.717, 1.165) is 60.6 Å². The Morgan fingerprint density at radius 2 is 1.66 bits per heavy atom. The maximum Gasteiger partial charge on any atom is 0.294 e. The van der Waals surface area contributed by atoms with E-state index in [1.54, 1.807) is 23.1 Å². The molecule has 35 heavy (non-hydrogen) atoms. The van der Waals surface area contributed by atoms with Crippen molar-refractivity contribution in [1.29, 1.82) is 0 Å². The van der Waals surface area contributed by atoms with Gasteiger partial charge in [0.2, 0.25) is 5.91 Å². The molecule has 0 aromatic heterocycles. The van der Waals surface area contributed by atoms with E-state index < -0.39 is 11.1 Å². The maximum atomic E-state index is 13.1. The molecule has 184 valence electrons. The summed E-state index contributed by atoms with van der Waals surface area (Å²) in [5.41, 5.74) is 1.61. The van der Waals surface area contributed by atoms with Gasteiger partial charge in [-0.05, 0) is 111 Å². The molecule has 0 saturated carbocycles. The highest BCUT2D eigenvalue weighted by Gasteiger charge is 2.37. The number of imide groups is 1. The average Bonchev–Trinajstić information content (AvgIpc) is 3.01. The second-order valence-electron chi connectivity index (χ2n) is 8.29. The van der Waals surface area contributed by atoms with E-state index >= 15 is 0 Å². The van der Waals surface area contributed by atoms with Gasteiger partial charge in [0, 0.05) is 13.1 Å². The molecule has 2 aliphatic heterocycles. The van der Waals surface area contributed by atoms with Crippen LogP contribution in [-0.4, -0.2) is 46.5 Å². The van der Waals surface area contributed by atoms with E-state index in [2.05, 4.69) is 45.2 Å². The fourth-order valence-corrected chi connectivity index (χ4v) is 6.85. The Labute approximate surface area is 234 Å². The summed E-state index contributed by atoms with van der Waals surface area (Å²) in [6.07, 6.45) is 5.78. The molecular weight excluding hydrogens is 697 g/mol. The lowest BCUT2D eigenvalue weighted by Crippen LogP contribution is -2.42. The van der Waals surface area contributed by atoms with Gasteiger partial charge in [0.1, 0.15) is 24.7 Å². The first-order valence-corrected chi connectivity index (χ1v) is 14.2. The molecule has 10 heteroatoms. The first-order valence-electron chi connectivity index (χ1n) is 11.2. The highest BCUT2D eigenvalue weighted by molar-refractivity contribution is 14.1. The van der Waals surface area contributed by atoms with E-state index in [4.69, 9.17) is 4.74 Å². The zero-order valence-electron chi connectivity index (χ0n) is 18.8. The lowest BCUT2D eigenvalue weighted by molar-refractivity contribution is -0.135. The van der Waals surface area contributed by atoms with Crippen LogP contribution in [0.5, 0.6) is 5.75 Å². The van der Waals surface area contributed by atoms with Crippen LogP contribution >= 0.6 is 56.9 Å². The van der Waals surface area contributed by atoms with Crippen LogP contribution in [0.3, 0.4) is 0 Å². The predicted octanol–water partition coefficient (Wildman–Crippen LogP) is 6.05. The third-order valence-electron chi connectivity index (χ3n) is 5.74. The Kier molecular flexibility index (Phi) is 9.08. The Bertz CT molecular complexity index is 1140. The smallest absolute Gasteiger partial charge is 0.294 e. The number of amides is 3. The number of rotatable bonds is 6. The summed E-state index contributed by atoms with van der Waals surface area (Å²) in [5, 5.41) is -0.423. The van der Waals surface area contributed by atoms with E-state index in [0.29, 0.717) is 30.4 Å². The molecule has 0 unspecified atom stereocenters. The number of carbonyl (C=O) groups excluding carboxylic acids is 3. The van der Waals surface area contributed by atoms with Crippen molar-refractivity contribution in [3.8, 4) is 5.75 Å². The van der Waals surface area contributed by atoms with Crippen LogP contribution in [0, 0.1) is 13.0 Å². The molecule has 0 radical (unpaired) electrons. The van der Waals surface area contributed by atoms with Crippen molar-refractivity contribution in [3.63, 3.8) is 0 Å². The first kappa shape index (κ1) is 26.4.